The summed E-state index contributed by atoms with van der Waals surface area (Å²) in [6, 6.07) is 0. The summed E-state index contributed by atoms with van der Waals surface area (Å²) >= 11 is 0. The lowest BCUT2D eigenvalue weighted by molar-refractivity contribution is -0.151. The molecule has 0 spiro atoms. The summed E-state index contributed by atoms with van der Waals surface area (Å²) in [6.45, 7) is 0. The maximum Gasteiger partial charge on any atom is 0.389 e. The van der Waals surface area contributed by atoms with E-state index < -0.39 is 36.4 Å². The number of hydrogen-bond donors (Lipinski definition) is 2. The van der Waals surface area contributed by atoms with Crippen LogP contribution in [-0.4, -0.2) is 28.7 Å². The highest BCUT2D eigenvalue weighted by molar-refractivity contribution is 5.87. The van der Waals surface area contributed by atoms with Gasteiger partial charge in [0.2, 0.25) is 5.91 Å². The number of alkyl halides is 3. The fourth-order valence-electron chi connectivity index (χ4n) is 2.31. The average molecular weight is 281 g/mol. The first-order chi connectivity index (χ1) is 8.75. The molecule has 4 nitrogen and oxygen atoms in total. The summed E-state index contributed by atoms with van der Waals surface area (Å²) in [5.74, 6) is -2.00. The van der Waals surface area contributed by atoms with Crippen molar-refractivity contribution in [3.05, 3.63) is 0 Å². The summed E-state index contributed by atoms with van der Waals surface area (Å²) < 4.78 is 36.1. The number of carbonyl (C=O) groups excluding carboxylic acids is 1. The third-order valence-corrected chi connectivity index (χ3v) is 3.38. The van der Waals surface area contributed by atoms with Crippen LogP contribution in [0.2, 0.25) is 0 Å². The van der Waals surface area contributed by atoms with Crippen LogP contribution in [0.25, 0.3) is 0 Å². The average Bonchev–Trinajstić information content (AvgIpc) is 2.52. The van der Waals surface area contributed by atoms with Crippen molar-refractivity contribution in [1.29, 1.82) is 0 Å². The molecule has 0 saturated heterocycles. The van der Waals surface area contributed by atoms with E-state index >= 15 is 0 Å². The molecule has 1 aliphatic carbocycles. The molecule has 0 aromatic rings. The van der Waals surface area contributed by atoms with Gasteiger partial charge in [-0.25, -0.2) is 4.79 Å². The zero-order valence-corrected chi connectivity index (χ0v) is 10.6. The van der Waals surface area contributed by atoms with Gasteiger partial charge in [-0.3, -0.25) is 4.79 Å². The van der Waals surface area contributed by atoms with Crippen molar-refractivity contribution in [2.24, 2.45) is 0 Å². The molecule has 0 aromatic carbocycles. The van der Waals surface area contributed by atoms with Crippen LogP contribution >= 0.6 is 0 Å². The lowest BCUT2D eigenvalue weighted by atomic mass is 9.90. The normalized spacial score (nSPS) is 19.5. The maximum absolute atomic E-state index is 12.0. The summed E-state index contributed by atoms with van der Waals surface area (Å²) in [5, 5.41) is 11.6. The Morgan fingerprint density at radius 1 is 1.11 bits per heavy atom. The summed E-state index contributed by atoms with van der Waals surface area (Å²) in [6.07, 6.45) is -2.72. The first-order valence-electron chi connectivity index (χ1n) is 6.36. The molecule has 19 heavy (non-hydrogen) atoms. The molecular weight excluding hydrogens is 263 g/mol. The topological polar surface area (TPSA) is 66.4 Å². The summed E-state index contributed by atoms with van der Waals surface area (Å²) in [5.41, 5.74) is -1.39. The molecule has 110 valence electrons. The smallest absolute Gasteiger partial charge is 0.389 e. The molecule has 0 aromatic heterocycles. The van der Waals surface area contributed by atoms with Crippen LogP contribution in [0.1, 0.15) is 51.4 Å². The predicted molar refractivity (Wildman–Crippen MR) is 61.5 cm³/mol. The molecule has 1 fully saturated rings. The number of halogens is 3. The first-order valence-corrected chi connectivity index (χ1v) is 6.36. The molecule has 0 bridgehead atoms. The van der Waals surface area contributed by atoms with E-state index in [4.69, 9.17) is 0 Å². The number of aliphatic carboxylic acids is 1. The van der Waals surface area contributed by atoms with Gasteiger partial charge in [0.1, 0.15) is 5.54 Å². The zero-order valence-electron chi connectivity index (χ0n) is 10.6. The van der Waals surface area contributed by atoms with Gasteiger partial charge in [-0.2, -0.15) is 13.2 Å². The van der Waals surface area contributed by atoms with Crippen molar-refractivity contribution in [3.8, 4) is 0 Å². The van der Waals surface area contributed by atoms with Crippen LogP contribution in [0.3, 0.4) is 0 Å². The summed E-state index contributed by atoms with van der Waals surface area (Å²) in [7, 11) is 0. The van der Waals surface area contributed by atoms with E-state index in [-0.39, 0.29) is 12.8 Å². The molecule has 2 N–H and O–H groups in total. The van der Waals surface area contributed by atoms with Gasteiger partial charge in [0.25, 0.3) is 0 Å². The van der Waals surface area contributed by atoms with Crippen molar-refractivity contribution in [1.82, 2.24) is 5.32 Å². The van der Waals surface area contributed by atoms with Gasteiger partial charge in [-0.15, -0.1) is 0 Å². The maximum atomic E-state index is 12.0. The first kappa shape index (κ1) is 15.8. The van der Waals surface area contributed by atoms with Crippen LogP contribution in [-0.2, 0) is 9.59 Å². The number of carboxylic acids is 1. The third kappa shape index (κ3) is 5.08. The van der Waals surface area contributed by atoms with Crippen molar-refractivity contribution < 1.29 is 27.9 Å². The SMILES string of the molecule is O=C(CCC(F)(F)F)NC1(C(=O)O)CCCCCC1. The Balaban J connectivity index is 2.62. The number of carbonyl (C=O) groups is 2. The summed E-state index contributed by atoms with van der Waals surface area (Å²) in [4.78, 5) is 22.8. The van der Waals surface area contributed by atoms with Crippen LogP contribution < -0.4 is 5.32 Å². The number of rotatable bonds is 4. The fourth-order valence-corrected chi connectivity index (χ4v) is 2.31. The molecule has 1 amide bonds. The van der Waals surface area contributed by atoms with Crippen molar-refractivity contribution in [2.45, 2.75) is 63.1 Å². The van der Waals surface area contributed by atoms with Crippen LogP contribution in [0.5, 0.6) is 0 Å². The molecule has 7 heteroatoms. The van der Waals surface area contributed by atoms with Crippen molar-refractivity contribution in [3.63, 3.8) is 0 Å². The molecular formula is C12H18F3NO3. The number of amides is 1. The van der Waals surface area contributed by atoms with E-state index in [0.717, 1.165) is 12.8 Å². The highest BCUT2D eigenvalue weighted by atomic mass is 19.4. The number of hydrogen-bond acceptors (Lipinski definition) is 2. The second-order valence-corrected chi connectivity index (χ2v) is 4.96. The van der Waals surface area contributed by atoms with Gasteiger partial charge in [-0.05, 0) is 12.8 Å². The Kier molecular flexibility index (Phi) is 5.20. The minimum Gasteiger partial charge on any atom is -0.480 e. The van der Waals surface area contributed by atoms with E-state index in [1.54, 1.807) is 0 Å². The zero-order chi connectivity index (χ0) is 14.5. The van der Waals surface area contributed by atoms with Crippen molar-refractivity contribution in [2.75, 3.05) is 0 Å². The van der Waals surface area contributed by atoms with Gasteiger partial charge >= 0.3 is 12.1 Å². The van der Waals surface area contributed by atoms with Gasteiger partial charge in [0.15, 0.2) is 0 Å². The third-order valence-electron chi connectivity index (χ3n) is 3.38. The Hall–Kier alpha value is -1.27. The molecule has 0 atom stereocenters. The molecule has 1 aliphatic rings. The van der Waals surface area contributed by atoms with E-state index in [1.807, 2.05) is 0 Å². The minimum atomic E-state index is -4.41. The Morgan fingerprint density at radius 2 is 1.63 bits per heavy atom. The lowest BCUT2D eigenvalue weighted by Gasteiger charge is -2.29. The lowest BCUT2D eigenvalue weighted by Crippen LogP contribution is -2.54. The van der Waals surface area contributed by atoms with E-state index in [0.29, 0.717) is 12.8 Å². The van der Waals surface area contributed by atoms with E-state index in [2.05, 4.69) is 5.32 Å². The monoisotopic (exact) mass is 281 g/mol. The second kappa shape index (κ2) is 6.25. The van der Waals surface area contributed by atoms with Crippen molar-refractivity contribution >= 4 is 11.9 Å². The van der Waals surface area contributed by atoms with Crippen LogP contribution in [0, 0.1) is 0 Å². The predicted octanol–water partition coefficient (Wildman–Crippen LogP) is 2.62. The van der Waals surface area contributed by atoms with Gasteiger partial charge in [0.05, 0.1) is 6.42 Å². The van der Waals surface area contributed by atoms with Crippen LogP contribution in [0.15, 0.2) is 0 Å². The molecule has 1 saturated carbocycles. The van der Waals surface area contributed by atoms with E-state index in [9.17, 15) is 27.9 Å². The molecule has 0 radical (unpaired) electrons. The van der Waals surface area contributed by atoms with Gasteiger partial charge in [0, 0.05) is 6.42 Å². The molecule has 1 rings (SSSR count). The van der Waals surface area contributed by atoms with E-state index in [1.165, 1.54) is 0 Å². The molecule has 0 heterocycles. The second-order valence-electron chi connectivity index (χ2n) is 4.96. The fraction of sp³-hybridized carbons (Fsp3) is 0.833. The Morgan fingerprint density at radius 3 is 2.05 bits per heavy atom. The number of nitrogens with one attached hydrogen (secondary N) is 1. The largest absolute Gasteiger partial charge is 0.480 e. The Bertz CT molecular complexity index is 334. The Labute approximate surface area is 109 Å². The minimum absolute atomic E-state index is 0.278. The molecule has 0 unspecified atom stereocenters. The molecule has 0 aliphatic heterocycles. The number of carboxylic acid groups (broad SMARTS) is 1. The van der Waals surface area contributed by atoms with Crippen LogP contribution in [0.4, 0.5) is 13.2 Å². The highest BCUT2D eigenvalue weighted by Gasteiger charge is 2.40. The standard InChI is InChI=1S/C12H18F3NO3/c13-12(14,15)8-5-9(17)16-11(10(18)19)6-3-1-2-4-7-11/h1-8H2,(H,16,17)(H,18,19). The van der Waals surface area contributed by atoms with Gasteiger partial charge < -0.3 is 10.4 Å². The highest BCUT2D eigenvalue weighted by Crippen LogP contribution is 2.28. The quantitative estimate of drug-likeness (QED) is 0.778. The van der Waals surface area contributed by atoms with Gasteiger partial charge in [-0.1, -0.05) is 25.7 Å².